The second-order valence-electron chi connectivity index (χ2n) is 11.7. The van der Waals surface area contributed by atoms with E-state index in [1.54, 1.807) is 35.4 Å². The van der Waals surface area contributed by atoms with Gasteiger partial charge in [-0.15, -0.1) is 13.2 Å². The number of nitrogens with zero attached hydrogens (tertiary/aromatic N) is 11. The molecule has 0 atom stereocenters. The van der Waals surface area contributed by atoms with Crippen LogP contribution in [-0.4, -0.2) is 60.4 Å². The van der Waals surface area contributed by atoms with Gasteiger partial charge < -0.3 is 15.4 Å². The number of alkyl halides is 6. The van der Waals surface area contributed by atoms with Gasteiger partial charge in [0.25, 0.3) is 0 Å². The van der Waals surface area contributed by atoms with Crippen molar-refractivity contribution in [2.45, 2.75) is 32.8 Å². The lowest BCUT2D eigenvalue weighted by atomic mass is 10.2. The fourth-order valence-electron chi connectivity index (χ4n) is 5.51. The van der Waals surface area contributed by atoms with Gasteiger partial charge in [0.1, 0.15) is 29.2 Å². The number of benzene rings is 2. The topological polar surface area (TPSA) is 159 Å². The van der Waals surface area contributed by atoms with Crippen LogP contribution < -0.4 is 15.4 Å². The summed E-state index contributed by atoms with van der Waals surface area (Å²) in [7, 11) is 0. The number of pyridine rings is 1. The zero-order chi connectivity index (χ0) is 39.5. The van der Waals surface area contributed by atoms with Gasteiger partial charge in [-0.2, -0.15) is 13.2 Å². The lowest BCUT2D eigenvalue weighted by Gasteiger charge is -2.11. The second-order valence-corrected chi connectivity index (χ2v) is 11.7. The van der Waals surface area contributed by atoms with Crippen molar-refractivity contribution in [2.75, 3.05) is 10.6 Å². The van der Waals surface area contributed by atoms with Gasteiger partial charge >= 0.3 is 12.5 Å². The molecule has 20 heteroatoms. The van der Waals surface area contributed by atoms with Crippen molar-refractivity contribution in [2.24, 2.45) is 0 Å². The minimum atomic E-state index is -4.73. The van der Waals surface area contributed by atoms with E-state index in [1.807, 2.05) is 24.5 Å². The lowest BCUT2D eigenvalue weighted by Crippen LogP contribution is -2.16. The summed E-state index contributed by atoms with van der Waals surface area (Å²) < 4.78 is 82.3. The Morgan fingerprint density at radius 1 is 0.643 bits per heavy atom. The molecule has 284 valence electrons. The third-order valence-corrected chi connectivity index (χ3v) is 7.87. The maximum absolute atomic E-state index is 12.7. The molecule has 0 aliphatic heterocycles. The highest BCUT2D eigenvalue weighted by Gasteiger charge is 2.31. The molecule has 6 aromatic heterocycles. The Hall–Kier alpha value is -7.25. The van der Waals surface area contributed by atoms with E-state index in [2.05, 4.69) is 60.2 Å². The summed E-state index contributed by atoms with van der Waals surface area (Å²) in [6.07, 6.45) is 2.44. The van der Waals surface area contributed by atoms with Crippen molar-refractivity contribution < 1.29 is 31.1 Å². The molecule has 8 aromatic rings. The second kappa shape index (κ2) is 15.2. The molecule has 0 amide bonds. The standard InChI is InChI=1S/C18H14F3N7.C18H13F3N6O/c1-2-15-27-17-13(7-23-10-24-17)28(15)16-9-22-8-14(26-16)25-12-5-3-11(4-6-12)18(19,20)21;1-11-24-17-14(3-2-8-23-17)27(11)16-10-22-9-15(26-16)25-12-4-6-13(7-5-12)28-18(19,20)21/h3-10H,2H2,1H3,(H,25,26);2-10H,1H3,(H,25,26). The summed E-state index contributed by atoms with van der Waals surface area (Å²) in [6, 6.07) is 13.7. The van der Waals surface area contributed by atoms with Crippen molar-refractivity contribution in [3.63, 3.8) is 0 Å². The van der Waals surface area contributed by atoms with Gasteiger partial charge in [-0.1, -0.05) is 6.92 Å². The van der Waals surface area contributed by atoms with Crippen LogP contribution in [0.5, 0.6) is 5.75 Å². The average Bonchev–Trinajstić information content (AvgIpc) is 3.72. The van der Waals surface area contributed by atoms with Crippen LogP contribution in [0, 0.1) is 6.92 Å². The van der Waals surface area contributed by atoms with Crippen LogP contribution >= 0.6 is 0 Å². The van der Waals surface area contributed by atoms with E-state index < -0.39 is 18.1 Å². The molecule has 56 heavy (non-hydrogen) atoms. The normalized spacial score (nSPS) is 11.6. The largest absolute Gasteiger partial charge is 0.573 e. The van der Waals surface area contributed by atoms with Crippen LogP contribution in [0.15, 0.2) is 104 Å². The van der Waals surface area contributed by atoms with Gasteiger partial charge in [0.05, 0.1) is 42.1 Å². The van der Waals surface area contributed by atoms with Crippen LogP contribution in [-0.2, 0) is 12.6 Å². The smallest absolute Gasteiger partial charge is 0.406 e. The Bertz CT molecular complexity index is 2610. The molecule has 0 saturated carbocycles. The molecule has 0 unspecified atom stereocenters. The third kappa shape index (κ3) is 8.43. The first kappa shape index (κ1) is 37.1. The molecule has 14 nitrogen and oxygen atoms in total. The highest BCUT2D eigenvalue weighted by atomic mass is 19.4. The number of imidazole rings is 2. The zero-order valence-electron chi connectivity index (χ0n) is 29.1. The van der Waals surface area contributed by atoms with Crippen LogP contribution in [0.3, 0.4) is 0 Å². The first-order valence-electron chi connectivity index (χ1n) is 16.5. The van der Waals surface area contributed by atoms with E-state index >= 15 is 0 Å². The molecular formula is C36H27F6N13O. The zero-order valence-corrected chi connectivity index (χ0v) is 29.1. The molecule has 0 aliphatic carbocycles. The Balaban J connectivity index is 0.000000172. The SMILES string of the molecule is CCc1nc2ncncc2n1-c1cncc(Nc2ccc(C(F)(F)F)cc2)n1.Cc1nc2ncccc2n1-c1cncc(Nc2ccc(OC(F)(F)F)cc2)n1. The molecule has 0 spiro atoms. The lowest BCUT2D eigenvalue weighted by molar-refractivity contribution is -0.274. The molecule has 0 bridgehead atoms. The van der Waals surface area contributed by atoms with Crippen molar-refractivity contribution in [1.29, 1.82) is 0 Å². The summed E-state index contributed by atoms with van der Waals surface area (Å²) in [5, 5.41) is 5.97. The van der Waals surface area contributed by atoms with Crippen LogP contribution in [0.1, 0.15) is 24.1 Å². The van der Waals surface area contributed by atoms with Gasteiger partial charge in [-0.05, 0) is 67.6 Å². The Kier molecular flexibility index (Phi) is 10.1. The van der Waals surface area contributed by atoms with Gasteiger partial charge in [0, 0.05) is 24.0 Å². The summed E-state index contributed by atoms with van der Waals surface area (Å²) >= 11 is 0. The third-order valence-electron chi connectivity index (χ3n) is 7.87. The highest BCUT2D eigenvalue weighted by Crippen LogP contribution is 2.31. The maximum Gasteiger partial charge on any atom is 0.573 e. The molecule has 0 radical (unpaired) electrons. The predicted octanol–water partition coefficient (Wildman–Crippen LogP) is 8.09. The average molecular weight is 772 g/mol. The Morgan fingerprint density at radius 3 is 1.86 bits per heavy atom. The van der Waals surface area contributed by atoms with E-state index in [0.29, 0.717) is 63.7 Å². The summed E-state index contributed by atoms with van der Waals surface area (Å²) in [4.78, 5) is 38.7. The van der Waals surface area contributed by atoms with Crippen molar-refractivity contribution >= 4 is 45.3 Å². The van der Waals surface area contributed by atoms with E-state index in [0.717, 1.165) is 23.5 Å². The monoisotopic (exact) mass is 771 g/mol. The van der Waals surface area contributed by atoms with Crippen LogP contribution in [0.25, 0.3) is 34.0 Å². The Morgan fingerprint density at radius 2 is 1.25 bits per heavy atom. The summed E-state index contributed by atoms with van der Waals surface area (Å²) in [5.74, 6) is 3.00. The molecule has 0 fully saturated rings. The number of hydrogen-bond acceptors (Lipinski definition) is 12. The Labute approximate surface area is 312 Å². The fraction of sp³-hybridized carbons (Fsp3) is 0.139. The molecule has 2 N–H and O–H groups in total. The first-order valence-corrected chi connectivity index (χ1v) is 16.5. The van der Waals surface area contributed by atoms with Crippen molar-refractivity contribution in [3.8, 4) is 17.4 Å². The molecule has 2 aromatic carbocycles. The van der Waals surface area contributed by atoms with Crippen LogP contribution in [0.2, 0.25) is 0 Å². The van der Waals surface area contributed by atoms with Crippen LogP contribution in [0.4, 0.5) is 49.4 Å². The van der Waals surface area contributed by atoms with Crippen molar-refractivity contribution in [3.05, 3.63) is 121 Å². The van der Waals surface area contributed by atoms with Gasteiger partial charge in [0.15, 0.2) is 34.6 Å². The summed E-state index contributed by atoms with van der Waals surface area (Å²) in [5.41, 5.74) is 2.93. The molecule has 8 rings (SSSR count). The van der Waals surface area contributed by atoms with Gasteiger partial charge in [-0.3, -0.25) is 19.1 Å². The number of aromatic nitrogens is 11. The minimum Gasteiger partial charge on any atom is -0.406 e. The fourth-order valence-corrected chi connectivity index (χ4v) is 5.51. The van der Waals surface area contributed by atoms with Gasteiger partial charge in [-0.25, -0.2) is 34.9 Å². The van der Waals surface area contributed by atoms with Gasteiger partial charge in [0.2, 0.25) is 0 Å². The number of aryl methyl sites for hydroxylation is 2. The van der Waals surface area contributed by atoms with E-state index in [1.165, 1.54) is 55.1 Å². The van der Waals surface area contributed by atoms with E-state index in [-0.39, 0.29) is 5.75 Å². The number of rotatable bonds is 8. The number of fused-ring (bicyclic) bond motifs is 2. The van der Waals surface area contributed by atoms with E-state index in [9.17, 15) is 26.3 Å². The quantitative estimate of drug-likeness (QED) is 0.143. The highest BCUT2D eigenvalue weighted by molar-refractivity contribution is 5.74. The molecule has 6 heterocycles. The number of hydrogen-bond donors (Lipinski definition) is 2. The number of ether oxygens (including phenoxy) is 1. The van der Waals surface area contributed by atoms with E-state index in [4.69, 9.17) is 0 Å². The number of nitrogens with one attached hydrogen (secondary N) is 2. The minimum absolute atomic E-state index is 0.300. The number of halogens is 6. The maximum atomic E-state index is 12.7. The molecule has 0 saturated heterocycles. The molecular weight excluding hydrogens is 744 g/mol. The summed E-state index contributed by atoms with van der Waals surface area (Å²) in [6.45, 7) is 3.80. The molecule has 0 aliphatic rings. The number of anilines is 4. The van der Waals surface area contributed by atoms with Crippen molar-refractivity contribution in [1.82, 2.24) is 54.0 Å². The predicted molar refractivity (Wildman–Crippen MR) is 192 cm³/mol. The first-order chi connectivity index (χ1) is 26.8.